The Labute approximate surface area is 84.2 Å². The van der Waals surface area contributed by atoms with Gasteiger partial charge in [-0.05, 0) is 6.07 Å². The van der Waals surface area contributed by atoms with E-state index in [0.29, 0.717) is 0 Å². The molecule has 1 heterocycles. The number of methoxy groups -OCH3 is 1. The lowest BCUT2D eigenvalue weighted by Crippen LogP contribution is -2.35. The van der Waals surface area contributed by atoms with Gasteiger partial charge >= 0.3 is 6.18 Å². The van der Waals surface area contributed by atoms with Crippen molar-refractivity contribution >= 4 is 0 Å². The zero-order valence-electron chi connectivity index (χ0n) is 7.85. The van der Waals surface area contributed by atoms with E-state index in [-0.39, 0.29) is 11.3 Å². The molecule has 0 radical (unpaired) electrons. The lowest BCUT2D eigenvalue weighted by atomic mass is 10.0. The number of hydrazine groups is 1. The van der Waals surface area contributed by atoms with Crippen molar-refractivity contribution in [1.82, 2.24) is 10.9 Å². The van der Waals surface area contributed by atoms with E-state index >= 15 is 0 Å². The minimum atomic E-state index is -4.40. The number of rotatable bonds is 2. The Hall–Kier alpha value is -1.27. The first-order valence-corrected chi connectivity index (χ1v) is 4.26. The molecule has 0 aliphatic carbocycles. The molecule has 0 unspecified atom stereocenters. The van der Waals surface area contributed by atoms with Crippen LogP contribution in [0.25, 0.3) is 0 Å². The van der Waals surface area contributed by atoms with E-state index in [1.807, 2.05) is 0 Å². The van der Waals surface area contributed by atoms with Crippen molar-refractivity contribution in [2.24, 2.45) is 0 Å². The van der Waals surface area contributed by atoms with Gasteiger partial charge in [-0.15, -0.1) is 0 Å². The van der Waals surface area contributed by atoms with Crippen LogP contribution in [0.3, 0.4) is 0 Å². The molecule has 2 rings (SSSR count). The standard InChI is InChI=1S/C9H9F3N2O/c1-15-7-5-3-2-4-6(7)8(13-14-8)9(10,11)12/h2-5,13-14H,1H3. The Balaban J connectivity index is 2.46. The van der Waals surface area contributed by atoms with E-state index in [1.165, 1.54) is 25.3 Å². The second-order valence-corrected chi connectivity index (χ2v) is 3.20. The van der Waals surface area contributed by atoms with Gasteiger partial charge in [-0.1, -0.05) is 18.2 Å². The van der Waals surface area contributed by atoms with Gasteiger partial charge in [-0.2, -0.15) is 13.2 Å². The first kappa shape index (κ1) is 10.3. The third-order valence-corrected chi connectivity index (χ3v) is 2.31. The van der Waals surface area contributed by atoms with E-state index < -0.39 is 11.8 Å². The second kappa shape index (κ2) is 3.11. The molecular weight excluding hydrogens is 209 g/mol. The van der Waals surface area contributed by atoms with Crippen LogP contribution in [0.15, 0.2) is 24.3 Å². The van der Waals surface area contributed by atoms with E-state index in [9.17, 15) is 13.2 Å². The number of hydrogen-bond donors (Lipinski definition) is 2. The smallest absolute Gasteiger partial charge is 0.426 e. The van der Waals surface area contributed by atoms with Crippen molar-refractivity contribution in [3.05, 3.63) is 29.8 Å². The van der Waals surface area contributed by atoms with Crippen LogP contribution in [0, 0.1) is 0 Å². The number of halogens is 3. The zero-order chi connectivity index (χ0) is 11.1. The Kier molecular flexibility index (Phi) is 2.13. The number of alkyl halides is 3. The lowest BCUT2D eigenvalue weighted by Gasteiger charge is -2.18. The highest BCUT2D eigenvalue weighted by molar-refractivity contribution is 5.42. The van der Waals surface area contributed by atoms with Crippen molar-refractivity contribution in [3.63, 3.8) is 0 Å². The average Bonchev–Trinajstić information content (AvgIpc) is 2.97. The third kappa shape index (κ3) is 1.46. The van der Waals surface area contributed by atoms with Crippen molar-refractivity contribution in [3.8, 4) is 5.75 Å². The van der Waals surface area contributed by atoms with E-state index in [2.05, 4.69) is 10.9 Å². The SMILES string of the molecule is COc1ccccc1C1(C(F)(F)F)NN1. The Morgan fingerprint density at radius 1 is 1.20 bits per heavy atom. The molecule has 1 aromatic rings. The summed E-state index contributed by atoms with van der Waals surface area (Å²) in [5.41, 5.74) is 2.14. The first-order chi connectivity index (χ1) is 7.01. The number of ether oxygens (including phenoxy) is 1. The summed E-state index contributed by atoms with van der Waals surface area (Å²) in [5.74, 6) is 0.201. The van der Waals surface area contributed by atoms with E-state index in [4.69, 9.17) is 4.74 Å². The average molecular weight is 218 g/mol. The van der Waals surface area contributed by atoms with Crippen LogP contribution in [0.5, 0.6) is 5.75 Å². The maximum atomic E-state index is 12.7. The Morgan fingerprint density at radius 3 is 2.27 bits per heavy atom. The van der Waals surface area contributed by atoms with Crippen LogP contribution in [-0.4, -0.2) is 13.3 Å². The second-order valence-electron chi connectivity index (χ2n) is 3.20. The number of nitrogens with one attached hydrogen (secondary N) is 2. The topological polar surface area (TPSA) is 53.1 Å². The molecule has 0 saturated carbocycles. The molecule has 0 spiro atoms. The number of para-hydroxylation sites is 1. The molecule has 15 heavy (non-hydrogen) atoms. The van der Waals surface area contributed by atoms with E-state index in [0.717, 1.165) is 0 Å². The van der Waals surface area contributed by atoms with Gasteiger partial charge in [0.1, 0.15) is 5.75 Å². The summed E-state index contributed by atoms with van der Waals surface area (Å²) in [7, 11) is 1.34. The molecular formula is C9H9F3N2O. The van der Waals surface area contributed by atoms with Crippen molar-refractivity contribution in [2.45, 2.75) is 11.8 Å². The van der Waals surface area contributed by atoms with Gasteiger partial charge in [0.2, 0.25) is 5.66 Å². The van der Waals surface area contributed by atoms with Gasteiger partial charge in [0.05, 0.1) is 7.11 Å². The van der Waals surface area contributed by atoms with Crippen LogP contribution >= 0.6 is 0 Å². The minimum Gasteiger partial charge on any atom is -0.496 e. The molecule has 2 N–H and O–H groups in total. The molecule has 1 aromatic carbocycles. The van der Waals surface area contributed by atoms with Gasteiger partial charge < -0.3 is 4.74 Å². The molecule has 1 aliphatic heterocycles. The Bertz CT molecular complexity index is 374. The van der Waals surface area contributed by atoms with Gasteiger partial charge in [0, 0.05) is 5.56 Å². The van der Waals surface area contributed by atoms with Crippen LogP contribution in [0.2, 0.25) is 0 Å². The fraction of sp³-hybridized carbons (Fsp3) is 0.333. The fourth-order valence-electron chi connectivity index (χ4n) is 1.45. The molecule has 1 saturated heterocycles. The molecule has 3 nitrogen and oxygen atoms in total. The minimum absolute atomic E-state index is 0.0417. The molecule has 6 heteroatoms. The molecule has 0 atom stereocenters. The maximum absolute atomic E-state index is 12.7. The molecule has 1 aliphatic rings. The van der Waals surface area contributed by atoms with Gasteiger partial charge in [0.25, 0.3) is 0 Å². The van der Waals surface area contributed by atoms with Crippen LogP contribution in [-0.2, 0) is 5.66 Å². The van der Waals surface area contributed by atoms with Crippen LogP contribution in [0.1, 0.15) is 5.56 Å². The third-order valence-electron chi connectivity index (χ3n) is 2.31. The number of hydrogen-bond acceptors (Lipinski definition) is 3. The predicted molar refractivity (Wildman–Crippen MR) is 47.0 cm³/mol. The van der Waals surface area contributed by atoms with Gasteiger partial charge in [-0.3, -0.25) is 0 Å². The summed E-state index contributed by atoms with van der Waals surface area (Å²) < 4.78 is 43.0. The highest BCUT2D eigenvalue weighted by atomic mass is 19.4. The monoisotopic (exact) mass is 218 g/mol. The normalized spacial score (nSPS) is 18.7. The Morgan fingerprint density at radius 2 is 1.80 bits per heavy atom. The predicted octanol–water partition coefficient (Wildman–Crippen LogP) is 1.52. The lowest BCUT2D eigenvalue weighted by molar-refractivity contribution is -0.165. The zero-order valence-corrected chi connectivity index (χ0v) is 7.85. The van der Waals surface area contributed by atoms with Crippen molar-refractivity contribution in [1.29, 1.82) is 0 Å². The summed E-state index contributed by atoms with van der Waals surface area (Å²) in [4.78, 5) is 0. The molecule has 0 amide bonds. The largest absolute Gasteiger partial charge is 0.496 e. The summed E-state index contributed by atoms with van der Waals surface area (Å²) in [6.45, 7) is 0. The number of benzene rings is 1. The van der Waals surface area contributed by atoms with Crippen molar-refractivity contribution in [2.75, 3.05) is 7.11 Å². The molecule has 1 fully saturated rings. The van der Waals surface area contributed by atoms with Crippen molar-refractivity contribution < 1.29 is 17.9 Å². The fourth-order valence-corrected chi connectivity index (χ4v) is 1.45. The summed E-state index contributed by atoms with van der Waals surface area (Å²) in [6.07, 6.45) is -4.40. The highest BCUT2D eigenvalue weighted by Crippen LogP contribution is 2.45. The molecule has 0 bridgehead atoms. The summed E-state index contributed by atoms with van der Waals surface area (Å²) in [6, 6.07) is 6.02. The first-order valence-electron chi connectivity index (χ1n) is 4.26. The molecule has 0 aromatic heterocycles. The maximum Gasteiger partial charge on any atom is 0.426 e. The highest BCUT2D eigenvalue weighted by Gasteiger charge is 2.66. The van der Waals surface area contributed by atoms with Gasteiger partial charge in [0.15, 0.2) is 0 Å². The van der Waals surface area contributed by atoms with Gasteiger partial charge in [-0.25, -0.2) is 10.9 Å². The summed E-state index contributed by atoms with van der Waals surface area (Å²) in [5, 5.41) is 0. The quantitative estimate of drug-likeness (QED) is 0.740. The molecule has 82 valence electrons. The van der Waals surface area contributed by atoms with E-state index in [1.54, 1.807) is 6.07 Å². The van der Waals surface area contributed by atoms with Crippen LogP contribution in [0.4, 0.5) is 13.2 Å². The summed E-state index contributed by atoms with van der Waals surface area (Å²) >= 11 is 0. The van der Waals surface area contributed by atoms with Crippen LogP contribution < -0.4 is 15.6 Å².